The van der Waals surface area contributed by atoms with E-state index in [1.54, 1.807) is 12.3 Å². The number of aryl methyl sites for hydroxylation is 1. The zero-order valence-corrected chi connectivity index (χ0v) is 20.6. The van der Waals surface area contributed by atoms with E-state index in [2.05, 4.69) is 20.3 Å². The van der Waals surface area contributed by atoms with E-state index in [-0.39, 0.29) is 11.6 Å². The molecule has 0 amide bonds. The van der Waals surface area contributed by atoms with Crippen LogP contribution >= 0.6 is 23.2 Å². The number of rotatable bonds is 2. The summed E-state index contributed by atoms with van der Waals surface area (Å²) < 4.78 is 0. The number of nitrogens with one attached hydrogen (secondary N) is 2. The van der Waals surface area contributed by atoms with Gasteiger partial charge in [0.15, 0.2) is 11.6 Å². The van der Waals surface area contributed by atoms with Crippen LogP contribution in [0.15, 0.2) is 66.6 Å². The van der Waals surface area contributed by atoms with Crippen LogP contribution in [0, 0.1) is 0 Å². The van der Waals surface area contributed by atoms with Crippen molar-refractivity contribution in [2.75, 3.05) is 5.32 Å². The van der Waals surface area contributed by atoms with Crippen molar-refractivity contribution in [2.24, 2.45) is 0 Å². The van der Waals surface area contributed by atoms with Crippen molar-refractivity contribution < 1.29 is 9.59 Å². The molecule has 0 saturated carbocycles. The average molecular weight is 515 g/mol. The van der Waals surface area contributed by atoms with Crippen molar-refractivity contribution in [3.8, 4) is 0 Å². The Morgan fingerprint density at radius 2 is 1.78 bits per heavy atom. The number of H-pyrrole nitrogens is 1. The summed E-state index contributed by atoms with van der Waals surface area (Å²) >= 11 is 11.9. The molecule has 0 fully saturated rings. The minimum Gasteiger partial charge on any atom is -0.358 e. The maximum absolute atomic E-state index is 11.9. The molecule has 5 aromatic rings. The monoisotopic (exact) mass is 514 g/mol. The lowest BCUT2D eigenvalue weighted by atomic mass is 10.1. The third-order valence-electron chi connectivity index (χ3n) is 6.56. The number of hydrogen-bond acceptors (Lipinski definition) is 5. The molecule has 0 unspecified atom stereocenters. The van der Waals surface area contributed by atoms with E-state index in [1.807, 2.05) is 48.7 Å². The molecule has 0 bridgehead atoms. The van der Waals surface area contributed by atoms with Gasteiger partial charge in [0.05, 0.1) is 11.2 Å². The summed E-state index contributed by atoms with van der Waals surface area (Å²) in [5.41, 5.74) is 4.56. The summed E-state index contributed by atoms with van der Waals surface area (Å²) in [5.74, 6) is 0.387. The van der Waals surface area contributed by atoms with Gasteiger partial charge in [-0.25, -0.2) is 4.98 Å². The van der Waals surface area contributed by atoms with E-state index in [1.165, 1.54) is 0 Å². The molecule has 2 aliphatic rings. The number of ketones is 2. The third-order valence-corrected chi connectivity index (χ3v) is 6.99. The fourth-order valence-corrected chi connectivity index (χ4v) is 5.18. The fourth-order valence-electron chi connectivity index (χ4n) is 4.86. The summed E-state index contributed by atoms with van der Waals surface area (Å²) in [4.78, 5) is 34.7. The van der Waals surface area contributed by atoms with Gasteiger partial charge in [0.2, 0.25) is 0 Å². The third kappa shape index (κ3) is 4.12. The molecule has 8 heteroatoms. The van der Waals surface area contributed by atoms with Gasteiger partial charge in [-0.2, -0.15) is 0 Å². The molecule has 0 saturated heterocycles. The minimum absolute atomic E-state index is 0.178. The van der Waals surface area contributed by atoms with Gasteiger partial charge in [-0.1, -0.05) is 47.5 Å². The standard InChI is InChI=1S/C14H9ClN2O.C14H11ClN2O/c15-12-5-9-7(6-16-12)1-2-8-13-10(17-14(8)9)3-4-11(13)18;15-14-7-12-9(8-16-14)2-1-3-13(12)17-10-4-5-11(18)6-10/h1-2,5-6,16H,3-4H2;1-3,6-8,17H,4-5H2. The Balaban J connectivity index is 0.000000133. The van der Waals surface area contributed by atoms with Crippen LogP contribution in [0.5, 0.6) is 0 Å². The summed E-state index contributed by atoms with van der Waals surface area (Å²) in [6.07, 6.45) is 7.99. The highest BCUT2D eigenvalue weighted by molar-refractivity contribution is 6.31. The van der Waals surface area contributed by atoms with Crippen LogP contribution in [0.25, 0.3) is 32.4 Å². The maximum atomic E-state index is 11.9. The Labute approximate surface area is 216 Å². The van der Waals surface area contributed by atoms with Crippen molar-refractivity contribution in [3.05, 3.63) is 88.2 Å². The fraction of sp³-hybridized carbons (Fsp3) is 0.143. The second-order valence-electron chi connectivity index (χ2n) is 8.90. The first-order chi connectivity index (χ1) is 17.5. The van der Waals surface area contributed by atoms with Crippen LogP contribution < -0.4 is 5.32 Å². The zero-order valence-electron chi connectivity index (χ0n) is 19.1. The van der Waals surface area contributed by atoms with Crippen molar-refractivity contribution >= 4 is 72.9 Å². The number of Topliss-reactive ketones (excluding diaryl/α,β-unsaturated/α-hetero) is 1. The van der Waals surface area contributed by atoms with Crippen molar-refractivity contribution in [2.45, 2.75) is 25.7 Å². The molecule has 0 spiro atoms. The number of benzene rings is 2. The molecular formula is C28H20Cl2N4O2. The first kappa shape index (κ1) is 22.7. The summed E-state index contributed by atoms with van der Waals surface area (Å²) in [6.45, 7) is 0. The Kier molecular flexibility index (Phi) is 5.70. The normalized spacial score (nSPS) is 14.8. The Hall–Kier alpha value is -3.74. The largest absolute Gasteiger partial charge is 0.358 e. The summed E-state index contributed by atoms with van der Waals surface area (Å²) in [7, 11) is 0. The average Bonchev–Trinajstić information content (AvgIpc) is 3.56. The SMILES string of the molecule is O=C1C=C(Nc2cccc3cnc(Cl)cc23)CC1.O=C1CCc2nc3c(ccc4c[nH]c(Cl)cc43)c21. The highest BCUT2D eigenvalue weighted by atomic mass is 35.5. The number of allylic oxidation sites excluding steroid dienone is 2. The van der Waals surface area contributed by atoms with Gasteiger partial charge in [-0.3, -0.25) is 14.6 Å². The first-order valence-electron chi connectivity index (χ1n) is 11.6. The number of anilines is 1. The molecular weight excluding hydrogens is 495 g/mol. The van der Waals surface area contributed by atoms with Crippen molar-refractivity contribution in [1.29, 1.82) is 0 Å². The van der Waals surface area contributed by atoms with E-state index in [0.717, 1.165) is 67.9 Å². The van der Waals surface area contributed by atoms with E-state index in [4.69, 9.17) is 23.2 Å². The van der Waals surface area contributed by atoms with Crippen LogP contribution in [0.1, 0.15) is 35.3 Å². The molecule has 7 rings (SSSR count). The number of fused-ring (bicyclic) bond motifs is 6. The van der Waals surface area contributed by atoms with Crippen LogP contribution in [0.4, 0.5) is 5.69 Å². The number of aromatic nitrogens is 3. The minimum atomic E-state index is 0.178. The maximum Gasteiger partial charge on any atom is 0.165 e. The molecule has 2 N–H and O–H groups in total. The number of halogens is 2. The number of aromatic amines is 1. The molecule has 36 heavy (non-hydrogen) atoms. The lowest BCUT2D eigenvalue weighted by Gasteiger charge is -2.10. The quantitative estimate of drug-likeness (QED) is 0.246. The number of carbonyl (C=O) groups excluding carboxylic acids is 2. The van der Waals surface area contributed by atoms with E-state index < -0.39 is 0 Å². The lowest BCUT2D eigenvalue weighted by molar-refractivity contribution is -0.114. The van der Waals surface area contributed by atoms with Gasteiger partial charge in [-0.15, -0.1) is 0 Å². The Bertz CT molecular complexity index is 1740. The molecule has 2 aromatic carbocycles. The smallest absolute Gasteiger partial charge is 0.165 e. The lowest BCUT2D eigenvalue weighted by Crippen LogP contribution is -1.97. The molecule has 0 radical (unpaired) electrons. The van der Waals surface area contributed by atoms with Gasteiger partial charge < -0.3 is 10.3 Å². The van der Waals surface area contributed by atoms with Gasteiger partial charge in [-0.05, 0) is 31.0 Å². The van der Waals surface area contributed by atoms with Crippen LogP contribution in [0.3, 0.4) is 0 Å². The predicted octanol–water partition coefficient (Wildman–Crippen LogP) is 7.05. The molecule has 178 valence electrons. The van der Waals surface area contributed by atoms with Gasteiger partial charge >= 0.3 is 0 Å². The Morgan fingerprint density at radius 1 is 0.889 bits per heavy atom. The zero-order chi connectivity index (χ0) is 24.8. The molecule has 3 heterocycles. The van der Waals surface area contributed by atoms with Crippen LogP contribution in [-0.4, -0.2) is 26.5 Å². The molecule has 2 aliphatic carbocycles. The Morgan fingerprint density at radius 3 is 2.61 bits per heavy atom. The molecule has 0 atom stereocenters. The van der Waals surface area contributed by atoms with Gasteiger partial charge in [0.25, 0.3) is 0 Å². The van der Waals surface area contributed by atoms with Crippen LogP contribution in [0.2, 0.25) is 10.3 Å². The van der Waals surface area contributed by atoms with Crippen LogP contribution in [-0.2, 0) is 11.2 Å². The number of pyridine rings is 2. The number of carbonyl (C=O) groups is 2. The molecule has 0 aliphatic heterocycles. The van der Waals surface area contributed by atoms with Gasteiger partial charge in [0, 0.05) is 75.2 Å². The summed E-state index contributed by atoms with van der Waals surface area (Å²) in [5, 5.41) is 9.38. The van der Waals surface area contributed by atoms with E-state index in [9.17, 15) is 9.59 Å². The topological polar surface area (TPSA) is 87.7 Å². The van der Waals surface area contributed by atoms with Crippen molar-refractivity contribution in [3.63, 3.8) is 0 Å². The van der Waals surface area contributed by atoms with Gasteiger partial charge in [0.1, 0.15) is 10.3 Å². The highest BCUT2D eigenvalue weighted by Crippen LogP contribution is 2.34. The molecule has 3 aromatic heterocycles. The predicted molar refractivity (Wildman–Crippen MR) is 144 cm³/mol. The second-order valence-corrected chi connectivity index (χ2v) is 9.69. The van der Waals surface area contributed by atoms with E-state index in [0.29, 0.717) is 23.1 Å². The number of hydrogen-bond donors (Lipinski definition) is 2. The van der Waals surface area contributed by atoms with Crippen molar-refractivity contribution in [1.82, 2.24) is 15.0 Å². The van der Waals surface area contributed by atoms with E-state index >= 15 is 0 Å². The highest BCUT2D eigenvalue weighted by Gasteiger charge is 2.26. The molecule has 6 nitrogen and oxygen atoms in total. The first-order valence-corrected chi connectivity index (χ1v) is 12.4. The summed E-state index contributed by atoms with van der Waals surface area (Å²) in [6, 6.07) is 13.6. The second kappa shape index (κ2) is 9.04. The number of nitrogens with zero attached hydrogens (tertiary/aromatic N) is 2.